The van der Waals surface area contributed by atoms with Crippen molar-refractivity contribution in [2.45, 2.75) is 25.7 Å². The highest BCUT2D eigenvalue weighted by molar-refractivity contribution is 9.10. The maximum Gasteiger partial charge on any atom is 0.0512 e. The molecule has 1 nitrogen and oxygen atoms in total. The summed E-state index contributed by atoms with van der Waals surface area (Å²) in [5, 5.41) is 0.798. The molecule has 0 aromatic heterocycles. The Morgan fingerprint density at radius 3 is 2.50 bits per heavy atom. The van der Waals surface area contributed by atoms with Crippen LogP contribution in [0.15, 0.2) is 22.7 Å². The number of anilines is 1. The van der Waals surface area contributed by atoms with Crippen LogP contribution in [0.4, 0.5) is 5.69 Å². The third kappa shape index (κ3) is 1.76. The lowest BCUT2D eigenvalue weighted by atomic mass is 9.78. The summed E-state index contributed by atoms with van der Waals surface area (Å²) in [7, 11) is 0. The van der Waals surface area contributed by atoms with Gasteiger partial charge in [-0.1, -0.05) is 24.4 Å². The van der Waals surface area contributed by atoms with Crippen molar-refractivity contribution in [1.82, 2.24) is 0 Å². The number of hydrogen-bond donors (Lipinski definition) is 0. The van der Waals surface area contributed by atoms with Gasteiger partial charge >= 0.3 is 0 Å². The Labute approximate surface area is 110 Å². The predicted molar refractivity (Wildman–Crippen MR) is 72.3 cm³/mol. The lowest BCUT2D eigenvalue weighted by molar-refractivity contribution is 0.222. The molecule has 1 spiro atoms. The molecule has 1 heterocycles. The van der Waals surface area contributed by atoms with Gasteiger partial charge in [-0.15, -0.1) is 0 Å². The first-order valence-electron chi connectivity index (χ1n) is 5.89. The molecule has 0 amide bonds. The van der Waals surface area contributed by atoms with Gasteiger partial charge < -0.3 is 4.90 Å². The van der Waals surface area contributed by atoms with Gasteiger partial charge in [-0.3, -0.25) is 0 Å². The predicted octanol–water partition coefficient (Wildman–Crippen LogP) is 4.48. The van der Waals surface area contributed by atoms with Gasteiger partial charge in [0.25, 0.3) is 0 Å². The lowest BCUT2D eigenvalue weighted by Crippen LogP contribution is -2.55. The van der Waals surface area contributed by atoms with Gasteiger partial charge in [0.1, 0.15) is 0 Å². The third-order valence-corrected chi connectivity index (χ3v) is 4.84. The van der Waals surface area contributed by atoms with Crippen LogP contribution >= 0.6 is 27.5 Å². The largest absolute Gasteiger partial charge is 0.369 e. The molecule has 1 aliphatic carbocycles. The molecular formula is C13H15BrClN. The fourth-order valence-corrected chi connectivity index (χ4v) is 4.05. The third-order valence-electron chi connectivity index (χ3n) is 3.97. The number of rotatable bonds is 1. The molecule has 16 heavy (non-hydrogen) atoms. The van der Waals surface area contributed by atoms with Gasteiger partial charge in [-0.25, -0.2) is 0 Å². The molecule has 3 heteroatoms. The first-order valence-corrected chi connectivity index (χ1v) is 7.06. The molecule has 2 fully saturated rings. The second kappa shape index (κ2) is 3.92. The van der Waals surface area contributed by atoms with E-state index in [1.807, 2.05) is 12.1 Å². The summed E-state index contributed by atoms with van der Waals surface area (Å²) in [5.41, 5.74) is 1.95. The molecular weight excluding hydrogens is 286 g/mol. The number of hydrogen-bond acceptors (Lipinski definition) is 1. The standard InChI is InChI=1S/C13H15BrClN/c14-11-7-10(15)3-4-12(11)16-8-13(9-16)5-1-2-6-13/h3-4,7H,1-2,5-6,8-9H2. The quantitative estimate of drug-likeness (QED) is 0.739. The monoisotopic (exact) mass is 299 g/mol. The van der Waals surface area contributed by atoms with Gasteiger partial charge in [0, 0.05) is 28.0 Å². The second-order valence-electron chi connectivity index (χ2n) is 5.16. The van der Waals surface area contributed by atoms with E-state index in [-0.39, 0.29) is 0 Å². The van der Waals surface area contributed by atoms with Crippen molar-refractivity contribution in [1.29, 1.82) is 0 Å². The summed E-state index contributed by atoms with van der Waals surface area (Å²) < 4.78 is 1.12. The van der Waals surface area contributed by atoms with E-state index in [4.69, 9.17) is 11.6 Å². The van der Waals surface area contributed by atoms with Crippen molar-refractivity contribution in [3.8, 4) is 0 Å². The molecule has 1 saturated heterocycles. The van der Waals surface area contributed by atoms with Crippen LogP contribution in [0.3, 0.4) is 0 Å². The highest BCUT2D eigenvalue weighted by atomic mass is 79.9. The Bertz CT molecular complexity index is 404. The Morgan fingerprint density at radius 1 is 1.19 bits per heavy atom. The van der Waals surface area contributed by atoms with Crippen molar-refractivity contribution in [2.24, 2.45) is 5.41 Å². The Hall–Kier alpha value is -0.210. The molecule has 1 aromatic carbocycles. The van der Waals surface area contributed by atoms with Crippen molar-refractivity contribution < 1.29 is 0 Å². The summed E-state index contributed by atoms with van der Waals surface area (Å²) in [6.45, 7) is 2.46. The summed E-state index contributed by atoms with van der Waals surface area (Å²) in [5.74, 6) is 0. The van der Waals surface area contributed by atoms with Crippen LogP contribution in [-0.2, 0) is 0 Å². The average molecular weight is 301 g/mol. The zero-order valence-electron chi connectivity index (χ0n) is 9.18. The summed E-state index contributed by atoms with van der Waals surface area (Å²) >= 11 is 9.55. The molecule has 0 radical (unpaired) electrons. The molecule has 3 rings (SSSR count). The van der Waals surface area contributed by atoms with Gasteiger partial charge in [-0.05, 0) is 47.0 Å². The van der Waals surface area contributed by atoms with E-state index >= 15 is 0 Å². The fraction of sp³-hybridized carbons (Fsp3) is 0.538. The molecule has 0 atom stereocenters. The molecule has 0 bridgehead atoms. The molecule has 0 unspecified atom stereocenters. The number of nitrogens with zero attached hydrogens (tertiary/aromatic N) is 1. The van der Waals surface area contributed by atoms with Crippen molar-refractivity contribution in [2.75, 3.05) is 18.0 Å². The van der Waals surface area contributed by atoms with Crippen LogP contribution in [0.2, 0.25) is 5.02 Å². The minimum absolute atomic E-state index is 0.652. The van der Waals surface area contributed by atoms with Gasteiger partial charge in [0.2, 0.25) is 0 Å². The van der Waals surface area contributed by atoms with Crippen molar-refractivity contribution in [3.05, 3.63) is 27.7 Å². The van der Waals surface area contributed by atoms with Crippen LogP contribution in [0.5, 0.6) is 0 Å². The van der Waals surface area contributed by atoms with Crippen molar-refractivity contribution >= 4 is 33.2 Å². The highest BCUT2D eigenvalue weighted by Gasteiger charge is 2.44. The van der Waals surface area contributed by atoms with E-state index in [0.29, 0.717) is 5.41 Å². The zero-order valence-corrected chi connectivity index (χ0v) is 11.5. The molecule has 1 saturated carbocycles. The van der Waals surface area contributed by atoms with E-state index in [1.54, 1.807) is 0 Å². The first-order chi connectivity index (χ1) is 7.69. The van der Waals surface area contributed by atoms with Crippen LogP contribution in [0.1, 0.15) is 25.7 Å². The fourth-order valence-electron chi connectivity index (χ4n) is 3.11. The average Bonchev–Trinajstić information content (AvgIpc) is 2.65. The van der Waals surface area contributed by atoms with E-state index < -0.39 is 0 Å². The molecule has 1 aromatic rings. The minimum atomic E-state index is 0.652. The zero-order chi connectivity index (χ0) is 11.2. The highest BCUT2D eigenvalue weighted by Crippen LogP contribution is 2.48. The van der Waals surface area contributed by atoms with E-state index in [9.17, 15) is 0 Å². The van der Waals surface area contributed by atoms with E-state index in [0.717, 1.165) is 9.50 Å². The Morgan fingerprint density at radius 2 is 1.88 bits per heavy atom. The first kappa shape index (κ1) is 10.9. The number of halogens is 2. The Kier molecular flexibility index (Phi) is 2.67. The van der Waals surface area contributed by atoms with E-state index in [1.165, 1.54) is 44.5 Å². The van der Waals surface area contributed by atoms with Crippen LogP contribution in [0, 0.1) is 5.41 Å². The van der Waals surface area contributed by atoms with E-state index in [2.05, 4.69) is 26.9 Å². The maximum atomic E-state index is 5.95. The van der Waals surface area contributed by atoms with Gasteiger partial charge in [-0.2, -0.15) is 0 Å². The summed E-state index contributed by atoms with van der Waals surface area (Å²) in [4.78, 5) is 2.46. The number of benzene rings is 1. The van der Waals surface area contributed by atoms with Crippen molar-refractivity contribution in [3.63, 3.8) is 0 Å². The molecule has 86 valence electrons. The maximum absolute atomic E-state index is 5.95. The van der Waals surface area contributed by atoms with Gasteiger partial charge in [0.15, 0.2) is 0 Å². The minimum Gasteiger partial charge on any atom is -0.369 e. The van der Waals surface area contributed by atoms with Crippen LogP contribution in [0.25, 0.3) is 0 Å². The SMILES string of the molecule is Clc1ccc(N2CC3(CCCC3)C2)c(Br)c1. The lowest BCUT2D eigenvalue weighted by Gasteiger charge is -2.50. The molecule has 1 aliphatic heterocycles. The summed E-state index contributed by atoms with van der Waals surface area (Å²) in [6.07, 6.45) is 5.70. The molecule has 0 N–H and O–H groups in total. The molecule has 2 aliphatic rings. The van der Waals surface area contributed by atoms with Crippen LogP contribution in [-0.4, -0.2) is 13.1 Å². The summed E-state index contributed by atoms with van der Waals surface area (Å²) in [6, 6.07) is 6.08. The van der Waals surface area contributed by atoms with Gasteiger partial charge in [0.05, 0.1) is 5.69 Å². The topological polar surface area (TPSA) is 3.24 Å². The van der Waals surface area contributed by atoms with Crippen LogP contribution < -0.4 is 4.90 Å². The smallest absolute Gasteiger partial charge is 0.0512 e. The Balaban J connectivity index is 1.76. The normalized spacial score (nSPS) is 22.5. The second-order valence-corrected chi connectivity index (χ2v) is 6.45.